The molecule has 8 heteroatoms. The molecule has 1 N–H and O–H groups in total. The summed E-state index contributed by atoms with van der Waals surface area (Å²) in [7, 11) is -0.688. The summed E-state index contributed by atoms with van der Waals surface area (Å²) in [4.78, 5) is 17.0. The van der Waals surface area contributed by atoms with E-state index in [0.717, 1.165) is 15.4 Å². The summed E-state index contributed by atoms with van der Waals surface area (Å²) < 4.78 is 31.9. The van der Waals surface area contributed by atoms with Crippen LogP contribution in [0.15, 0.2) is 35.4 Å². The van der Waals surface area contributed by atoms with Crippen LogP contribution in [-0.2, 0) is 16.6 Å². The van der Waals surface area contributed by atoms with Crippen molar-refractivity contribution in [3.05, 3.63) is 52.7 Å². The minimum Gasteiger partial charge on any atom is -0.477 e. The molecular weight excluding hydrogens is 390 g/mol. The number of nitrogens with one attached hydrogen (secondary N) is 1. The summed E-state index contributed by atoms with van der Waals surface area (Å²) in [6.07, 6.45) is 4.12. The molecule has 1 aliphatic rings. The second-order valence-electron chi connectivity index (χ2n) is 7.65. The highest BCUT2D eigenvalue weighted by molar-refractivity contribution is 7.89. The lowest BCUT2D eigenvalue weighted by Crippen LogP contribution is -2.26. The molecule has 0 radical (unpaired) electrons. The standard InChI is InChI=1S/C21H27N3O4S/c1-14-9-18(10-19(15(14)2)29(26,27)24(3)4)21(25)23-12-17-7-8-20(22-11-17)28-13-16-5-6-16/h7-11,16H,5-6,12-13H2,1-4H3,(H,23,25). The Morgan fingerprint density at radius 2 is 1.97 bits per heavy atom. The third-order valence-electron chi connectivity index (χ3n) is 5.06. The third kappa shape index (κ3) is 5.13. The van der Waals surface area contributed by atoms with E-state index in [1.54, 1.807) is 32.2 Å². The molecule has 1 fully saturated rings. The molecule has 1 aromatic carbocycles. The van der Waals surface area contributed by atoms with Gasteiger partial charge in [-0.05, 0) is 61.4 Å². The van der Waals surface area contributed by atoms with Crippen molar-refractivity contribution in [2.45, 2.75) is 38.1 Å². The summed E-state index contributed by atoms with van der Waals surface area (Å²) in [6.45, 7) is 4.53. The lowest BCUT2D eigenvalue weighted by molar-refractivity contribution is 0.0950. The number of carbonyl (C=O) groups excluding carboxylic acids is 1. The third-order valence-corrected chi connectivity index (χ3v) is 7.00. The van der Waals surface area contributed by atoms with Crippen molar-refractivity contribution in [3.63, 3.8) is 0 Å². The molecule has 1 amide bonds. The zero-order valence-corrected chi connectivity index (χ0v) is 18.0. The average Bonchev–Trinajstić information content (AvgIpc) is 3.51. The van der Waals surface area contributed by atoms with Crippen LogP contribution in [0.2, 0.25) is 0 Å². The van der Waals surface area contributed by atoms with E-state index in [2.05, 4.69) is 10.3 Å². The largest absolute Gasteiger partial charge is 0.477 e. The van der Waals surface area contributed by atoms with E-state index in [0.29, 0.717) is 29.5 Å². The highest BCUT2D eigenvalue weighted by Crippen LogP contribution is 2.29. The highest BCUT2D eigenvalue weighted by Gasteiger charge is 2.23. The van der Waals surface area contributed by atoms with Gasteiger partial charge < -0.3 is 10.1 Å². The van der Waals surface area contributed by atoms with Gasteiger partial charge in [-0.3, -0.25) is 4.79 Å². The predicted molar refractivity (Wildman–Crippen MR) is 110 cm³/mol. The van der Waals surface area contributed by atoms with E-state index < -0.39 is 10.0 Å². The van der Waals surface area contributed by atoms with Crippen molar-refractivity contribution in [1.82, 2.24) is 14.6 Å². The topological polar surface area (TPSA) is 88.6 Å². The van der Waals surface area contributed by atoms with Crippen molar-refractivity contribution >= 4 is 15.9 Å². The van der Waals surface area contributed by atoms with Crippen LogP contribution in [0.5, 0.6) is 5.88 Å². The van der Waals surface area contributed by atoms with Gasteiger partial charge >= 0.3 is 0 Å². The Hall–Kier alpha value is -2.45. The minimum atomic E-state index is -3.64. The van der Waals surface area contributed by atoms with E-state index >= 15 is 0 Å². The number of sulfonamides is 1. The smallest absolute Gasteiger partial charge is 0.251 e. The van der Waals surface area contributed by atoms with Gasteiger partial charge in [0.15, 0.2) is 0 Å². The Morgan fingerprint density at radius 1 is 1.24 bits per heavy atom. The number of rotatable bonds is 8. The van der Waals surface area contributed by atoms with Gasteiger partial charge in [0.25, 0.3) is 5.91 Å². The second-order valence-corrected chi connectivity index (χ2v) is 9.77. The van der Waals surface area contributed by atoms with Crippen LogP contribution < -0.4 is 10.1 Å². The van der Waals surface area contributed by atoms with Gasteiger partial charge in [0.1, 0.15) is 0 Å². The van der Waals surface area contributed by atoms with Crippen molar-refractivity contribution < 1.29 is 17.9 Å². The average molecular weight is 418 g/mol. The number of carbonyl (C=O) groups is 1. The molecule has 0 saturated heterocycles. The Labute approximate surface area is 172 Å². The van der Waals surface area contributed by atoms with Crippen LogP contribution in [0.25, 0.3) is 0 Å². The monoisotopic (exact) mass is 417 g/mol. The van der Waals surface area contributed by atoms with Gasteiger partial charge in [0, 0.05) is 38.5 Å². The number of ether oxygens (including phenoxy) is 1. The molecule has 1 saturated carbocycles. The molecule has 1 aliphatic carbocycles. The quantitative estimate of drug-likeness (QED) is 0.713. The first-order valence-electron chi connectivity index (χ1n) is 9.58. The van der Waals surface area contributed by atoms with E-state index in [4.69, 9.17) is 4.74 Å². The summed E-state index contributed by atoms with van der Waals surface area (Å²) in [5.74, 6) is 0.909. The predicted octanol–water partition coefficient (Wildman–Crippen LogP) is 2.67. The van der Waals surface area contributed by atoms with Crippen molar-refractivity contribution in [2.75, 3.05) is 20.7 Å². The van der Waals surface area contributed by atoms with Crippen LogP contribution in [0.4, 0.5) is 0 Å². The maximum absolute atomic E-state index is 12.6. The van der Waals surface area contributed by atoms with Crippen molar-refractivity contribution in [2.24, 2.45) is 5.92 Å². The first-order valence-corrected chi connectivity index (χ1v) is 11.0. The van der Waals surface area contributed by atoms with Gasteiger partial charge in [0.05, 0.1) is 11.5 Å². The molecule has 0 bridgehead atoms. The van der Waals surface area contributed by atoms with Gasteiger partial charge in [0.2, 0.25) is 15.9 Å². The first-order chi connectivity index (χ1) is 13.7. The van der Waals surface area contributed by atoms with Gasteiger partial charge in [-0.15, -0.1) is 0 Å². The maximum atomic E-state index is 12.6. The Morgan fingerprint density at radius 3 is 2.55 bits per heavy atom. The molecule has 0 atom stereocenters. The molecule has 1 aromatic heterocycles. The molecule has 7 nitrogen and oxygen atoms in total. The Balaban J connectivity index is 1.68. The van der Waals surface area contributed by atoms with Gasteiger partial charge in [-0.25, -0.2) is 17.7 Å². The molecule has 0 unspecified atom stereocenters. The van der Waals surface area contributed by atoms with Crippen LogP contribution in [0, 0.1) is 19.8 Å². The molecule has 0 spiro atoms. The lowest BCUT2D eigenvalue weighted by atomic mass is 10.1. The normalized spacial score (nSPS) is 14.1. The van der Waals surface area contributed by atoms with E-state index in [1.807, 2.05) is 6.07 Å². The number of hydrogen-bond donors (Lipinski definition) is 1. The van der Waals surface area contributed by atoms with Crippen molar-refractivity contribution in [1.29, 1.82) is 0 Å². The van der Waals surface area contributed by atoms with Gasteiger partial charge in [-0.1, -0.05) is 6.07 Å². The zero-order chi connectivity index (χ0) is 21.2. The number of amides is 1. The molecule has 2 aromatic rings. The zero-order valence-electron chi connectivity index (χ0n) is 17.2. The summed E-state index contributed by atoms with van der Waals surface area (Å²) >= 11 is 0. The molecule has 3 rings (SSSR count). The Bertz CT molecular complexity index is 997. The van der Waals surface area contributed by atoms with Crippen LogP contribution in [-0.4, -0.2) is 44.3 Å². The molecule has 1 heterocycles. The number of nitrogens with zero attached hydrogens (tertiary/aromatic N) is 2. The second kappa shape index (κ2) is 8.51. The number of aryl methyl sites for hydroxylation is 1. The van der Waals surface area contributed by atoms with E-state index in [9.17, 15) is 13.2 Å². The minimum absolute atomic E-state index is 0.145. The summed E-state index contributed by atoms with van der Waals surface area (Å²) in [6, 6.07) is 6.78. The molecule has 29 heavy (non-hydrogen) atoms. The Kier molecular flexibility index (Phi) is 6.24. The number of hydrogen-bond acceptors (Lipinski definition) is 5. The fourth-order valence-corrected chi connectivity index (χ4v) is 4.01. The van der Waals surface area contributed by atoms with Crippen molar-refractivity contribution in [3.8, 4) is 5.88 Å². The summed E-state index contributed by atoms with van der Waals surface area (Å²) in [5.41, 5.74) is 2.53. The van der Waals surface area contributed by atoms with Crippen LogP contribution >= 0.6 is 0 Å². The number of aromatic nitrogens is 1. The summed E-state index contributed by atoms with van der Waals surface area (Å²) in [5, 5.41) is 2.82. The highest BCUT2D eigenvalue weighted by atomic mass is 32.2. The fraction of sp³-hybridized carbons (Fsp3) is 0.429. The van der Waals surface area contributed by atoms with E-state index in [-0.39, 0.29) is 17.3 Å². The number of benzene rings is 1. The molecule has 156 valence electrons. The SMILES string of the molecule is Cc1cc(C(=O)NCc2ccc(OCC3CC3)nc2)cc(S(=O)(=O)N(C)C)c1C. The fourth-order valence-electron chi connectivity index (χ4n) is 2.80. The first kappa shape index (κ1) is 21.3. The van der Waals surface area contributed by atoms with Crippen LogP contribution in [0.1, 0.15) is 39.9 Å². The van der Waals surface area contributed by atoms with Gasteiger partial charge in [-0.2, -0.15) is 0 Å². The molecular formula is C21H27N3O4S. The lowest BCUT2D eigenvalue weighted by Gasteiger charge is -2.16. The maximum Gasteiger partial charge on any atom is 0.251 e. The number of pyridine rings is 1. The van der Waals surface area contributed by atoms with E-state index in [1.165, 1.54) is 33.0 Å². The molecule has 0 aliphatic heterocycles. The van der Waals surface area contributed by atoms with Crippen LogP contribution in [0.3, 0.4) is 0 Å².